The first-order valence-corrected chi connectivity index (χ1v) is 6.66. The molecule has 0 aliphatic heterocycles. The van der Waals surface area contributed by atoms with Crippen LogP contribution in [0, 0.1) is 5.82 Å². The summed E-state index contributed by atoms with van der Waals surface area (Å²) in [5.41, 5.74) is 1.86. The number of halogens is 1. The van der Waals surface area contributed by atoms with Gasteiger partial charge in [0.05, 0.1) is 12.8 Å². The molecule has 0 amide bonds. The fraction of sp³-hybridized carbons (Fsp3) is 0.294. The van der Waals surface area contributed by atoms with Crippen LogP contribution in [0.25, 0.3) is 0 Å². The lowest BCUT2D eigenvalue weighted by Gasteiger charge is -2.26. The lowest BCUT2D eigenvalue weighted by molar-refractivity contribution is 0.414. The van der Waals surface area contributed by atoms with Crippen LogP contribution in [0.5, 0.6) is 5.75 Å². The molecule has 0 saturated carbocycles. The molecule has 0 unspecified atom stereocenters. The topological polar surface area (TPSA) is 21.3 Å². The number of ether oxygens (including phenoxy) is 1. The van der Waals surface area contributed by atoms with Gasteiger partial charge >= 0.3 is 0 Å². The number of methoxy groups -OCH3 is 1. The third-order valence-corrected chi connectivity index (χ3v) is 3.44. The van der Waals surface area contributed by atoms with E-state index >= 15 is 0 Å². The Morgan fingerprint density at radius 2 is 1.80 bits per heavy atom. The largest absolute Gasteiger partial charge is 0.495 e. The Hall–Kier alpha value is -2.03. The summed E-state index contributed by atoms with van der Waals surface area (Å²) in [5.74, 6) is 0.376. The van der Waals surface area contributed by atoms with Gasteiger partial charge in [-0.3, -0.25) is 0 Å². The number of nitrogens with one attached hydrogen (secondary N) is 1. The highest BCUT2D eigenvalue weighted by atomic mass is 19.1. The van der Waals surface area contributed by atoms with E-state index in [9.17, 15) is 4.39 Å². The number of rotatable bonds is 5. The molecule has 20 heavy (non-hydrogen) atoms. The number of hydrogen-bond acceptors (Lipinski definition) is 2. The maximum absolute atomic E-state index is 13.3. The zero-order chi connectivity index (χ0) is 14.6. The fourth-order valence-electron chi connectivity index (χ4n) is 2.13. The minimum absolute atomic E-state index is 0.0570. The quantitative estimate of drug-likeness (QED) is 0.880. The molecule has 0 saturated heterocycles. The highest BCUT2D eigenvalue weighted by Gasteiger charge is 2.20. The van der Waals surface area contributed by atoms with Crippen molar-refractivity contribution < 1.29 is 9.13 Å². The smallest absolute Gasteiger partial charge is 0.142 e. The van der Waals surface area contributed by atoms with Crippen LogP contribution < -0.4 is 10.1 Å². The lowest BCUT2D eigenvalue weighted by atomic mass is 9.84. The Kier molecular flexibility index (Phi) is 4.28. The molecule has 0 fully saturated rings. The molecule has 0 bridgehead atoms. The SMILES string of the molecule is COc1ccc(F)cc1NCC(C)(C)c1ccccc1. The van der Waals surface area contributed by atoms with Crippen molar-refractivity contribution in [3.63, 3.8) is 0 Å². The second-order valence-corrected chi connectivity index (χ2v) is 5.45. The predicted octanol–water partition coefficient (Wildman–Crippen LogP) is 4.22. The van der Waals surface area contributed by atoms with Crippen molar-refractivity contribution in [3.8, 4) is 5.75 Å². The maximum Gasteiger partial charge on any atom is 0.142 e. The van der Waals surface area contributed by atoms with Crippen LogP contribution in [0.15, 0.2) is 48.5 Å². The molecule has 0 aliphatic carbocycles. The second kappa shape index (κ2) is 5.95. The van der Waals surface area contributed by atoms with E-state index in [1.165, 1.54) is 17.7 Å². The van der Waals surface area contributed by atoms with Crippen molar-refractivity contribution >= 4 is 5.69 Å². The lowest BCUT2D eigenvalue weighted by Crippen LogP contribution is -2.27. The average molecular weight is 273 g/mol. The van der Waals surface area contributed by atoms with Crippen molar-refractivity contribution in [2.45, 2.75) is 19.3 Å². The molecule has 0 spiro atoms. The summed E-state index contributed by atoms with van der Waals surface area (Å²) in [6.45, 7) is 5.00. The number of benzene rings is 2. The molecular weight excluding hydrogens is 253 g/mol. The van der Waals surface area contributed by atoms with E-state index in [1.807, 2.05) is 18.2 Å². The molecule has 0 radical (unpaired) electrons. The van der Waals surface area contributed by atoms with E-state index in [2.05, 4.69) is 31.3 Å². The molecule has 106 valence electrons. The first kappa shape index (κ1) is 14.4. The minimum Gasteiger partial charge on any atom is -0.495 e. The van der Waals surface area contributed by atoms with Crippen LogP contribution in [0.3, 0.4) is 0 Å². The Morgan fingerprint density at radius 1 is 1.10 bits per heavy atom. The van der Waals surface area contributed by atoms with Crippen molar-refractivity contribution in [2.75, 3.05) is 19.0 Å². The van der Waals surface area contributed by atoms with Gasteiger partial charge in [0.15, 0.2) is 0 Å². The summed E-state index contributed by atoms with van der Waals surface area (Å²) in [6, 6.07) is 14.7. The van der Waals surface area contributed by atoms with Gasteiger partial charge < -0.3 is 10.1 Å². The van der Waals surface area contributed by atoms with E-state index in [1.54, 1.807) is 13.2 Å². The van der Waals surface area contributed by atoms with Crippen molar-refractivity contribution in [1.29, 1.82) is 0 Å². The molecule has 0 aliphatic rings. The highest BCUT2D eigenvalue weighted by Crippen LogP contribution is 2.28. The van der Waals surface area contributed by atoms with Crippen LogP contribution in [0.4, 0.5) is 10.1 Å². The summed E-state index contributed by atoms with van der Waals surface area (Å²) in [6.07, 6.45) is 0. The molecule has 2 aromatic rings. The summed E-state index contributed by atoms with van der Waals surface area (Å²) in [4.78, 5) is 0. The third kappa shape index (κ3) is 3.29. The van der Waals surface area contributed by atoms with Crippen molar-refractivity contribution in [3.05, 3.63) is 59.9 Å². The molecule has 0 heterocycles. The molecular formula is C17H20FNO. The van der Waals surface area contributed by atoms with E-state index in [-0.39, 0.29) is 11.2 Å². The van der Waals surface area contributed by atoms with Gasteiger partial charge in [0.25, 0.3) is 0 Å². The molecule has 2 aromatic carbocycles. The Balaban J connectivity index is 2.14. The second-order valence-electron chi connectivity index (χ2n) is 5.45. The third-order valence-electron chi connectivity index (χ3n) is 3.44. The van der Waals surface area contributed by atoms with Gasteiger partial charge in [-0.2, -0.15) is 0 Å². The van der Waals surface area contributed by atoms with Gasteiger partial charge in [0.1, 0.15) is 11.6 Å². The van der Waals surface area contributed by atoms with E-state index in [0.29, 0.717) is 18.0 Å². The maximum atomic E-state index is 13.3. The average Bonchev–Trinajstić information content (AvgIpc) is 2.46. The summed E-state index contributed by atoms with van der Waals surface area (Å²) in [5, 5.41) is 3.28. The number of anilines is 1. The Bertz CT molecular complexity index is 566. The summed E-state index contributed by atoms with van der Waals surface area (Å²) < 4.78 is 18.6. The first-order chi connectivity index (χ1) is 9.53. The van der Waals surface area contributed by atoms with Crippen LogP contribution in [0.2, 0.25) is 0 Å². The van der Waals surface area contributed by atoms with E-state index in [0.717, 1.165) is 0 Å². The standard InChI is InChI=1S/C17H20FNO/c1-17(2,13-7-5-4-6-8-13)12-19-15-11-14(18)9-10-16(15)20-3/h4-11,19H,12H2,1-3H3. The van der Waals surface area contributed by atoms with E-state index in [4.69, 9.17) is 4.74 Å². The summed E-state index contributed by atoms with van der Waals surface area (Å²) >= 11 is 0. The zero-order valence-electron chi connectivity index (χ0n) is 12.1. The van der Waals surface area contributed by atoms with Crippen LogP contribution in [-0.4, -0.2) is 13.7 Å². The normalized spacial score (nSPS) is 11.2. The van der Waals surface area contributed by atoms with Crippen LogP contribution in [-0.2, 0) is 5.41 Å². The first-order valence-electron chi connectivity index (χ1n) is 6.66. The van der Waals surface area contributed by atoms with Gasteiger partial charge in [-0.05, 0) is 17.7 Å². The van der Waals surface area contributed by atoms with Crippen LogP contribution in [0.1, 0.15) is 19.4 Å². The minimum atomic E-state index is -0.272. The monoisotopic (exact) mass is 273 g/mol. The van der Waals surface area contributed by atoms with Crippen molar-refractivity contribution in [1.82, 2.24) is 0 Å². The van der Waals surface area contributed by atoms with Gasteiger partial charge in [-0.15, -0.1) is 0 Å². The molecule has 1 N–H and O–H groups in total. The zero-order valence-corrected chi connectivity index (χ0v) is 12.1. The molecule has 0 atom stereocenters. The Labute approximate surface area is 119 Å². The van der Waals surface area contributed by atoms with Gasteiger partial charge in [0.2, 0.25) is 0 Å². The van der Waals surface area contributed by atoms with E-state index < -0.39 is 0 Å². The van der Waals surface area contributed by atoms with Gasteiger partial charge in [-0.25, -0.2) is 4.39 Å². The number of hydrogen-bond donors (Lipinski definition) is 1. The highest BCUT2D eigenvalue weighted by molar-refractivity contribution is 5.56. The van der Waals surface area contributed by atoms with Crippen LogP contribution >= 0.6 is 0 Å². The van der Waals surface area contributed by atoms with Crippen molar-refractivity contribution in [2.24, 2.45) is 0 Å². The molecule has 0 aromatic heterocycles. The predicted molar refractivity (Wildman–Crippen MR) is 80.9 cm³/mol. The fourth-order valence-corrected chi connectivity index (χ4v) is 2.13. The van der Waals surface area contributed by atoms with Gasteiger partial charge in [0, 0.05) is 18.0 Å². The summed E-state index contributed by atoms with van der Waals surface area (Å²) in [7, 11) is 1.58. The molecule has 2 nitrogen and oxygen atoms in total. The molecule has 3 heteroatoms. The van der Waals surface area contributed by atoms with Gasteiger partial charge in [-0.1, -0.05) is 44.2 Å². The Morgan fingerprint density at radius 3 is 2.45 bits per heavy atom. The molecule has 2 rings (SSSR count).